The van der Waals surface area contributed by atoms with E-state index >= 15 is 0 Å². The van der Waals surface area contributed by atoms with Gasteiger partial charge in [0.15, 0.2) is 9.84 Å². The van der Waals surface area contributed by atoms with Crippen molar-refractivity contribution in [2.45, 2.75) is 118 Å². The molecule has 0 heterocycles. The summed E-state index contributed by atoms with van der Waals surface area (Å²) in [7, 11) is -3.55. The van der Waals surface area contributed by atoms with Gasteiger partial charge in [0.05, 0.1) is 11.9 Å². The fraction of sp³-hybridized carbons (Fsp3) is 0.906. The van der Waals surface area contributed by atoms with Crippen molar-refractivity contribution in [3.05, 3.63) is 11.6 Å². The van der Waals surface area contributed by atoms with Crippen LogP contribution in [0, 0.1) is 46.3 Å². The Balaban J connectivity index is 1.33. The Bertz CT molecular complexity index is 970. The normalized spacial score (nSPS) is 37.7. The molecule has 0 amide bonds. The van der Waals surface area contributed by atoms with Gasteiger partial charge in [0.25, 0.3) is 0 Å². The molecule has 3 saturated carbocycles. The Morgan fingerprint density at radius 3 is 2.53 bits per heavy atom. The summed E-state index contributed by atoms with van der Waals surface area (Å²) in [6.45, 7) is 12.8. The number of allylic oxidation sites excluding steroid dienone is 1. The first kappa shape index (κ1) is 30.1. The molecule has 0 aromatic rings. The van der Waals surface area contributed by atoms with E-state index in [1.54, 1.807) is 5.57 Å². The molecule has 4 aliphatic carbocycles. The van der Waals surface area contributed by atoms with Crippen LogP contribution in [0.5, 0.6) is 0 Å². The van der Waals surface area contributed by atoms with Crippen molar-refractivity contribution in [3.8, 4) is 0 Å². The quantitative estimate of drug-likeness (QED) is 0.204. The lowest BCUT2D eigenvalue weighted by Crippen LogP contribution is -2.51. The van der Waals surface area contributed by atoms with Crippen LogP contribution in [0.3, 0.4) is 0 Å². The van der Waals surface area contributed by atoms with Crippen molar-refractivity contribution in [1.29, 1.82) is 0 Å². The molecule has 4 aliphatic rings. The van der Waals surface area contributed by atoms with Gasteiger partial charge in [0, 0.05) is 6.61 Å². The summed E-state index contributed by atoms with van der Waals surface area (Å²) in [5.41, 5.74) is 2.39. The molecule has 3 fully saturated rings. The van der Waals surface area contributed by atoms with E-state index in [9.17, 15) is 13.2 Å². The number of carboxylic acids is 1. The van der Waals surface area contributed by atoms with Crippen LogP contribution in [-0.4, -0.2) is 43.7 Å². The van der Waals surface area contributed by atoms with Gasteiger partial charge in [0.2, 0.25) is 0 Å². The molecule has 8 atom stereocenters. The molecule has 0 bridgehead atoms. The van der Waals surface area contributed by atoms with E-state index in [-0.39, 0.29) is 17.3 Å². The van der Waals surface area contributed by atoms with Gasteiger partial charge < -0.3 is 9.84 Å². The molecule has 4 rings (SSSR count). The van der Waals surface area contributed by atoms with E-state index in [1.165, 1.54) is 57.8 Å². The molecule has 0 saturated heterocycles. The van der Waals surface area contributed by atoms with E-state index in [0.29, 0.717) is 18.4 Å². The van der Waals surface area contributed by atoms with Gasteiger partial charge in [-0.2, -0.15) is 0 Å². The lowest BCUT2D eigenvalue weighted by molar-refractivity contribution is -0.134. The molecule has 0 radical (unpaired) electrons. The topological polar surface area (TPSA) is 80.7 Å². The summed E-state index contributed by atoms with van der Waals surface area (Å²) in [6.07, 6.45) is 17.3. The second kappa shape index (κ2) is 11.9. The van der Waals surface area contributed by atoms with Crippen LogP contribution < -0.4 is 0 Å². The van der Waals surface area contributed by atoms with Crippen molar-refractivity contribution in [2.75, 3.05) is 18.1 Å². The van der Waals surface area contributed by atoms with Gasteiger partial charge in [-0.1, -0.05) is 65.5 Å². The molecule has 1 N–H and O–H groups in total. The van der Waals surface area contributed by atoms with E-state index in [4.69, 9.17) is 9.84 Å². The zero-order valence-corrected chi connectivity index (χ0v) is 25.5. The highest BCUT2D eigenvalue weighted by Gasteiger charge is 2.59. The zero-order chi connectivity index (χ0) is 27.7. The van der Waals surface area contributed by atoms with Gasteiger partial charge in [-0.25, -0.2) is 8.42 Å². The fourth-order valence-electron chi connectivity index (χ4n) is 9.58. The minimum atomic E-state index is -3.55. The first-order valence-electron chi connectivity index (χ1n) is 15.6. The number of aliphatic carboxylic acids is 1. The molecule has 38 heavy (non-hydrogen) atoms. The highest BCUT2D eigenvalue weighted by Crippen LogP contribution is 2.67. The van der Waals surface area contributed by atoms with E-state index < -0.39 is 21.6 Å². The number of ether oxygens (including phenoxy) is 1. The summed E-state index contributed by atoms with van der Waals surface area (Å²) < 4.78 is 29.8. The van der Waals surface area contributed by atoms with Crippen LogP contribution >= 0.6 is 0 Å². The van der Waals surface area contributed by atoms with Crippen LogP contribution in [0.4, 0.5) is 0 Å². The standard InChI is InChI=1S/C32H54O5S/c1-22(2)8-6-9-23(3)27-12-13-28-26-11-10-24-20-25(37-18-7-19-38(35,36)21-30(33)34)14-16-31(24,4)29(26)15-17-32(27,28)5/h10,22-23,25-29H,6-9,11-21H2,1-5H3,(H,33,34)/t23-,25?,26?,27-,28?,29?,31+,32-/m1/s1. The van der Waals surface area contributed by atoms with E-state index in [2.05, 4.69) is 40.7 Å². The third-order valence-electron chi connectivity index (χ3n) is 11.6. The van der Waals surface area contributed by atoms with Crippen LogP contribution in [0.25, 0.3) is 0 Å². The maximum Gasteiger partial charge on any atom is 0.318 e. The van der Waals surface area contributed by atoms with Gasteiger partial charge in [0.1, 0.15) is 5.75 Å². The first-order chi connectivity index (χ1) is 17.9. The second-order valence-corrected chi connectivity index (χ2v) is 16.5. The number of hydrogen-bond donors (Lipinski definition) is 1. The predicted molar refractivity (Wildman–Crippen MR) is 154 cm³/mol. The van der Waals surface area contributed by atoms with Crippen LogP contribution in [0.1, 0.15) is 112 Å². The van der Waals surface area contributed by atoms with Crippen molar-refractivity contribution in [2.24, 2.45) is 46.3 Å². The third kappa shape index (κ3) is 6.37. The molecule has 0 aromatic carbocycles. The van der Waals surface area contributed by atoms with Crippen LogP contribution in [0.2, 0.25) is 0 Å². The molecule has 218 valence electrons. The number of rotatable bonds is 12. The zero-order valence-electron chi connectivity index (χ0n) is 24.7. The molecular formula is C32H54O5S. The highest BCUT2D eigenvalue weighted by atomic mass is 32.2. The van der Waals surface area contributed by atoms with Crippen molar-refractivity contribution < 1.29 is 23.1 Å². The van der Waals surface area contributed by atoms with Crippen LogP contribution in [-0.2, 0) is 19.4 Å². The first-order valence-corrected chi connectivity index (χ1v) is 17.4. The maximum atomic E-state index is 11.8. The average Bonchev–Trinajstić information content (AvgIpc) is 3.18. The van der Waals surface area contributed by atoms with Crippen LogP contribution in [0.15, 0.2) is 11.6 Å². The average molecular weight is 551 g/mol. The lowest BCUT2D eigenvalue weighted by atomic mass is 9.47. The Morgan fingerprint density at radius 1 is 1.05 bits per heavy atom. The fourth-order valence-corrected chi connectivity index (χ4v) is 10.7. The summed E-state index contributed by atoms with van der Waals surface area (Å²) in [5, 5.41) is 8.76. The second-order valence-electron chi connectivity index (χ2n) is 14.4. The minimum absolute atomic E-state index is 0.117. The predicted octanol–water partition coefficient (Wildman–Crippen LogP) is 7.30. The number of carbonyl (C=O) groups is 1. The minimum Gasteiger partial charge on any atom is -0.480 e. The molecular weight excluding hydrogens is 496 g/mol. The van der Waals surface area contributed by atoms with Crippen molar-refractivity contribution >= 4 is 15.8 Å². The summed E-state index contributed by atoms with van der Waals surface area (Å²) in [4.78, 5) is 10.7. The molecule has 4 unspecified atom stereocenters. The molecule has 0 aliphatic heterocycles. The number of sulfone groups is 1. The summed E-state index contributed by atoms with van der Waals surface area (Å²) >= 11 is 0. The Hall–Kier alpha value is -0.880. The lowest BCUT2D eigenvalue weighted by Gasteiger charge is -2.58. The largest absolute Gasteiger partial charge is 0.480 e. The maximum absolute atomic E-state index is 11.8. The van der Waals surface area contributed by atoms with Crippen molar-refractivity contribution in [1.82, 2.24) is 0 Å². The van der Waals surface area contributed by atoms with E-state index in [1.807, 2.05) is 0 Å². The number of fused-ring (bicyclic) bond motifs is 5. The highest BCUT2D eigenvalue weighted by molar-refractivity contribution is 7.92. The Labute approximate surface area is 232 Å². The molecule has 6 heteroatoms. The summed E-state index contributed by atoms with van der Waals surface area (Å²) in [5.74, 6) is 2.84. The Morgan fingerprint density at radius 2 is 1.82 bits per heavy atom. The number of carboxylic acid groups (broad SMARTS) is 1. The van der Waals surface area contributed by atoms with Gasteiger partial charge in [-0.15, -0.1) is 0 Å². The van der Waals surface area contributed by atoms with Gasteiger partial charge >= 0.3 is 5.97 Å². The number of hydrogen-bond acceptors (Lipinski definition) is 4. The van der Waals surface area contributed by atoms with Crippen molar-refractivity contribution in [3.63, 3.8) is 0 Å². The Kier molecular flexibility index (Phi) is 9.44. The summed E-state index contributed by atoms with van der Waals surface area (Å²) in [6, 6.07) is 0. The third-order valence-corrected chi connectivity index (χ3v) is 13.2. The smallest absolute Gasteiger partial charge is 0.318 e. The molecule has 0 aromatic heterocycles. The molecule has 5 nitrogen and oxygen atoms in total. The SMILES string of the molecule is CC(C)CCC[C@@H](C)[C@H]1CCC2C3CC=C4CC(OCCCS(=O)(=O)CC(=O)O)CC[C@]4(C)C3CC[C@@]21C. The molecule has 0 spiro atoms. The van der Waals surface area contributed by atoms with Gasteiger partial charge in [-0.05, 0) is 104 Å². The van der Waals surface area contributed by atoms with E-state index in [0.717, 1.165) is 48.3 Å². The van der Waals surface area contributed by atoms with Gasteiger partial charge in [-0.3, -0.25) is 4.79 Å². The monoisotopic (exact) mass is 550 g/mol.